The van der Waals surface area contributed by atoms with Crippen LogP contribution in [-0.4, -0.2) is 16.9 Å². The van der Waals surface area contributed by atoms with Crippen molar-refractivity contribution in [2.24, 2.45) is 5.92 Å². The average molecular weight is 304 g/mol. The molecule has 1 fully saturated rings. The summed E-state index contributed by atoms with van der Waals surface area (Å²) in [5.41, 5.74) is 1.21. The molecule has 88 valence electrons. The first kappa shape index (κ1) is 12.2. The van der Waals surface area contributed by atoms with Gasteiger partial charge in [-0.25, -0.2) is 4.98 Å². The molecule has 2 rings (SSSR count). The van der Waals surface area contributed by atoms with E-state index < -0.39 is 0 Å². The molecule has 1 N–H and O–H groups in total. The number of alkyl halides is 1. The molecule has 1 heterocycles. The van der Waals surface area contributed by atoms with Crippen LogP contribution in [0.1, 0.15) is 24.8 Å². The van der Waals surface area contributed by atoms with Gasteiger partial charge in [-0.05, 0) is 53.2 Å². The zero-order valence-electron chi connectivity index (χ0n) is 9.34. The van der Waals surface area contributed by atoms with Crippen molar-refractivity contribution in [1.29, 1.82) is 0 Å². The highest BCUT2D eigenvalue weighted by Gasteiger charge is 2.27. The van der Waals surface area contributed by atoms with Gasteiger partial charge < -0.3 is 5.32 Å². The number of nitrogens with zero attached hydrogens (tertiary/aromatic N) is 1. The predicted molar refractivity (Wildman–Crippen MR) is 72.1 cm³/mol. The quantitative estimate of drug-likeness (QED) is 0.855. The smallest absolute Gasteiger partial charge is 0.140 e. The fraction of sp³-hybridized carbons (Fsp3) is 0.583. The molecule has 0 amide bonds. The highest BCUT2D eigenvalue weighted by molar-refractivity contribution is 9.10. The minimum Gasteiger partial charge on any atom is -0.366 e. The molecule has 1 aromatic rings. The van der Waals surface area contributed by atoms with E-state index in [2.05, 4.69) is 33.2 Å². The van der Waals surface area contributed by atoms with Gasteiger partial charge in [-0.15, -0.1) is 11.6 Å². The van der Waals surface area contributed by atoms with E-state index in [9.17, 15) is 0 Å². The van der Waals surface area contributed by atoms with Crippen molar-refractivity contribution in [2.75, 3.05) is 11.2 Å². The number of aromatic nitrogens is 1. The summed E-state index contributed by atoms with van der Waals surface area (Å²) in [6.07, 6.45) is 5.52. The van der Waals surface area contributed by atoms with Crippen LogP contribution in [-0.2, 0) is 0 Å². The highest BCUT2D eigenvalue weighted by atomic mass is 79.9. The summed E-state index contributed by atoms with van der Waals surface area (Å²) in [5.74, 6) is 2.26. The van der Waals surface area contributed by atoms with E-state index in [1.54, 1.807) is 0 Å². The second kappa shape index (κ2) is 5.37. The van der Waals surface area contributed by atoms with Crippen LogP contribution < -0.4 is 5.32 Å². The zero-order chi connectivity index (χ0) is 11.5. The molecule has 0 radical (unpaired) electrons. The van der Waals surface area contributed by atoms with Gasteiger partial charge in [0, 0.05) is 18.1 Å². The summed E-state index contributed by atoms with van der Waals surface area (Å²) in [5, 5.41) is 3.51. The lowest BCUT2D eigenvalue weighted by molar-refractivity contribution is 0.561. The van der Waals surface area contributed by atoms with Crippen LogP contribution in [0.15, 0.2) is 16.7 Å². The number of rotatable bonds is 3. The maximum absolute atomic E-state index is 5.97. The van der Waals surface area contributed by atoms with Gasteiger partial charge >= 0.3 is 0 Å². The molecule has 1 aliphatic carbocycles. The maximum Gasteiger partial charge on any atom is 0.140 e. The molecular weight excluding hydrogens is 288 g/mol. The van der Waals surface area contributed by atoms with Crippen molar-refractivity contribution < 1.29 is 0 Å². The first-order chi connectivity index (χ1) is 7.72. The van der Waals surface area contributed by atoms with Crippen LogP contribution in [0.2, 0.25) is 0 Å². The zero-order valence-corrected chi connectivity index (χ0v) is 11.7. The van der Waals surface area contributed by atoms with Crippen LogP contribution in [0.3, 0.4) is 0 Å². The van der Waals surface area contributed by atoms with Crippen LogP contribution >= 0.6 is 27.5 Å². The minimum absolute atomic E-state index is 0.475. The van der Waals surface area contributed by atoms with Gasteiger partial charge in [-0.1, -0.05) is 6.42 Å². The Balaban J connectivity index is 2.11. The number of pyridine rings is 1. The Bertz CT molecular complexity index is 370. The molecule has 4 heteroatoms. The van der Waals surface area contributed by atoms with E-state index in [0.717, 1.165) is 16.2 Å². The Labute approximate surface area is 110 Å². The van der Waals surface area contributed by atoms with Gasteiger partial charge in [0.15, 0.2) is 0 Å². The van der Waals surface area contributed by atoms with Crippen LogP contribution in [0, 0.1) is 12.8 Å². The molecule has 0 bridgehead atoms. The monoisotopic (exact) mass is 302 g/mol. The number of hydrogen-bond donors (Lipinski definition) is 1. The lowest BCUT2D eigenvalue weighted by atomic mass is 10.1. The van der Waals surface area contributed by atoms with Crippen molar-refractivity contribution in [3.63, 3.8) is 0 Å². The Morgan fingerprint density at radius 3 is 3.12 bits per heavy atom. The third kappa shape index (κ3) is 2.51. The minimum atomic E-state index is 0.475. The molecule has 0 aliphatic heterocycles. The first-order valence-corrected chi connectivity index (χ1v) is 6.98. The third-order valence-corrected chi connectivity index (χ3v) is 4.66. The molecule has 1 saturated carbocycles. The largest absolute Gasteiger partial charge is 0.366 e. The molecule has 2 unspecified atom stereocenters. The van der Waals surface area contributed by atoms with E-state index in [1.807, 2.05) is 12.3 Å². The number of hydrogen-bond acceptors (Lipinski definition) is 2. The summed E-state index contributed by atoms with van der Waals surface area (Å²) >= 11 is 9.54. The molecule has 1 aliphatic rings. The highest BCUT2D eigenvalue weighted by Crippen LogP contribution is 2.31. The lowest BCUT2D eigenvalue weighted by Crippen LogP contribution is -2.25. The second-order valence-corrected chi connectivity index (χ2v) is 5.49. The van der Waals surface area contributed by atoms with Gasteiger partial charge in [-0.2, -0.15) is 0 Å². The Hall–Kier alpha value is -0.280. The lowest BCUT2D eigenvalue weighted by Gasteiger charge is -2.20. The molecule has 0 spiro atoms. The van der Waals surface area contributed by atoms with Crippen LogP contribution in [0.5, 0.6) is 0 Å². The van der Waals surface area contributed by atoms with Crippen molar-refractivity contribution in [3.05, 3.63) is 22.3 Å². The topological polar surface area (TPSA) is 24.9 Å². The maximum atomic E-state index is 5.97. The fourth-order valence-electron chi connectivity index (χ4n) is 2.23. The molecule has 2 nitrogen and oxygen atoms in total. The van der Waals surface area contributed by atoms with Gasteiger partial charge in [0.2, 0.25) is 0 Å². The van der Waals surface area contributed by atoms with Crippen molar-refractivity contribution in [1.82, 2.24) is 4.98 Å². The SMILES string of the molecule is Cc1ccnc(NC2CCCC2CCl)c1Br. The predicted octanol–water partition coefficient (Wildman–Crippen LogP) is 3.97. The number of halogens is 2. The summed E-state index contributed by atoms with van der Waals surface area (Å²) in [6, 6.07) is 2.48. The number of nitrogens with one attached hydrogen (secondary N) is 1. The van der Waals surface area contributed by atoms with Crippen LogP contribution in [0.25, 0.3) is 0 Å². The third-order valence-electron chi connectivity index (χ3n) is 3.26. The first-order valence-electron chi connectivity index (χ1n) is 5.66. The van der Waals surface area contributed by atoms with E-state index in [0.29, 0.717) is 12.0 Å². The van der Waals surface area contributed by atoms with Crippen molar-refractivity contribution >= 4 is 33.3 Å². The van der Waals surface area contributed by atoms with Crippen molar-refractivity contribution in [3.8, 4) is 0 Å². The summed E-state index contributed by atoms with van der Waals surface area (Å²) in [7, 11) is 0. The Morgan fingerprint density at radius 1 is 1.56 bits per heavy atom. The number of anilines is 1. The van der Waals surface area contributed by atoms with Gasteiger partial charge in [0.1, 0.15) is 5.82 Å². The molecule has 16 heavy (non-hydrogen) atoms. The second-order valence-electron chi connectivity index (χ2n) is 4.39. The summed E-state index contributed by atoms with van der Waals surface area (Å²) < 4.78 is 1.07. The fourth-order valence-corrected chi connectivity index (χ4v) is 2.95. The van der Waals surface area contributed by atoms with Crippen LogP contribution in [0.4, 0.5) is 5.82 Å². The molecular formula is C12H16BrClN2. The van der Waals surface area contributed by atoms with Crippen molar-refractivity contribution in [2.45, 2.75) is 32.2 Å². The van der Waals surface area contributed by atoms with E-state index in [1.165, 1.54) is 24.8 Å². The summed E-state index contributed by atoms with van der Waals surface area (Å²) in [4.78, 5) is 4.37. The molecule has 0 saturated heterocycles. The van der Waals surface area contributed by atoms with E-state index in [-0.39, 0.29) is 0 Å². The van der Waals surface area contributed by atoms with Gasteiger partial charge in [0.25, 0.3) is 0 Å². The molecule has 0 aromatic carbocycles. The molecule has 1 aromatic heterocycles. The number of aryl methyl sites for hydroxylation is 1. The Morgan fingerprint density at radius 2 is 2.38 bits per heavy atom. The molecule has 2 atom stereocenters. The van der Waals surface area contributed by atoms with E-state index >= 15 is 0 Å². The average Bonchev–Trinajstić information content (AvgIpc) is 2.72. The van der Waals surface area contributed by atoms with Gasteiger partial charge in [-0.3, -0.25) is 0 Å². The Kier molecular flexibility index (Phi) is 4.09. The summed E-state index contributed by atoms with van der Waals surface area (Å²) in [6.45, 7) is 2.07. The normalized spacial score (nSPS) is 24.7. The van der Waals surface area contributed by atoms with Gasteiger partial charge in [0.05, 0.1) is 4.47 Å². The van der Waals surface area contributed by atoms with E-state index in [4.69, 9.17) is 11.6 Å². The standard InChI is InChI=1S/C12H16BrClN2/c1-8-5-6-15-12(11(8)13)16-10-4-2-3-9(10)7-14/h5-6,9-10H,2-4,7H2,1H3,(H,15,16).